The topological polar surface area (TPSA) is 12.9 Å². The van der Waals surface area contributed by atoms with Gasteiger partial charge in [0.1, 0.15) is 0 Å². The molecule has 0 unspecified atom stereocenters. The molecule has 0 fully saturated rings. The van der Waals surface area contributed by atoms with E-state index in [2.05, 4.69) is 37.0 Å². The molecule has 1 heterocycles. The lowest BCUT2D eigenvalue weighted by Crippen LogP contribution is -1.86. The molecule has 1 nitrogen and oxygen atoms in total. The monoisotopic (exact) mass is 231 g/mol. The minimum atomic E-state index is 1.15. The van der Waals surface area contributed by atoms with Crippen molar-refractivity contribution in [3.8, 4) is 0 Å². The van der Waals surface area contributed by atoms with E-state index < -0.39 is 0 Å². The maximum Gasteiger partial charge on any atom is 0.0837 e. The van der Waals surface area contributed by atoms with Crippen LogP contribution in [0.1, 0.15) is 25.3 Å². The zero-order valence-electron chi connectivity index (χ0n) is 9.86. The highest BCUT2D eigenvalue weighted by molar-refractivity contribution is 7.99. The highest BCUT2D eigenvalue weighted by atomic mass is 32.2. The lowest BCUT2D eigenvalue weighted by atomic mass is 10.1. The molecule has 0 amide bonds. The summed E-state index contributed by atoms with van der Waals surface area (Å²) >= 11 is 1.93. The Bertz CT molecular complexity index is 479. The highest BCUT2D eigenvalue weighted by Crippen LogP contribution is 2.28. The van der Waals surface area contributed by atoms with Gasteiger partial charge in [-0.2, -0.15) is 0 Å². The molecular weight excluding hydrogens is 214 g/mol. The molecule has 0 aliphatic heterocycles. The molecule has 0 aliphatic rings. The van der Waals surface area contributed by atoms with Gasteiger partial charge in [0, 0.05) is 16.5 Å². The SMILES string of the molecule is CCCCSc1cc(C)cc2cccnc12. The van der Waals surface area contributed by atoms with Gasteiger partial charge in [-0.25, -0.2) is 0 Å². The van der Waals surface area contributed by atoms with E-state index in [0.29, 0.717) is 0 Å². The number of aromatic nitrogens is 1. The fourth-order valence-electron chi connectivity index (χ4n) is 1.74. The maximum absolute atomic E-state index is 4.48. The van der Waals surface area contributed by atoms with Crippen molar-refractivity contribution in [3.63, 3.8) is 0 Å². The molecule has 2 heteroatoms. The Hall–Kier alpha value is -1.02. The Morgan fingerprint density at radius 1 is 1.31 bits per heavy atom. The number of unbranched alkanes of at least 4 members (excludes halogenated alkanes) is 1. The number of benzene rings is 1. The second-order valence-corrected chi connectivity index (χ2v) is 5.18. The number of pyridine rings is 1. The Morgan fingerprint density at radius 2 is 2.19 bits per heavy atom. The fraction of sp³-hybridized carbons (Fsp3) is 0.357. The van der Waals surface area contributed by atoms with E-state index in [0.717, 1.165) is 5.52 Å². The van der Waals surface area contributed by atoms with Gasteiger partial charge in [-0.05, 0) is 42.9 Å². The van der Waals surface area contributed by atoms with Crippen molar-refractivity contribution in [2.75, 3.05) is 5.75 Å². The molecule has 2 rings (SSSR count). The molecule has 16 heavy (non-hydrogen) atoms. The second-order valence-electron chi connectivity index (χ2n) is 4.04. The van der Waals surface area contributed by atoms with Crippen LogP contribution >= 0.6 is 11.8 Å². The molecule has 2 aromatic rings. The maximum atomic E-state index is 4.48. The molecule has 0 N–H and O–H groups in total. The Morgan fingerprint density at radius 3 is 3.00 bits per heavy atom. The van der Waals surface area contributed by atoms with E-state index in [1.54, 1.807) is 0 Å². The van der Waals surface area contributed by atoms with Gasteiger partial charge < -0.3 is 0 Å². The molecule has 0 atom stereocenters. The van der Waals surface area contributed by atoms with E-state index in [9.17, 15) is 0 Å². The molecule has 0 spiro atoms. The van der Waals surface area contributed by atoms with E-state index >= 15 is 0 Å². The van der Waals surface area contributed by atoms with Crippen LogP contribution in [0.4, 0.5) is 0 Å². The van der Waals surface area contributed by atoms with Gasteiger partial charge in [0.25, 0.3) is 0 Å². The van der Waals surface area contributed by atoms with Crippen LogP contribution in [0, 0.1) is 6.92 Å². The van der Waals surface area contributed by atoms with Gasteiger partial charge in [-0.3, -0.25) is 4.98 Å². The standard InChI is InChI=1S/C14H17NS/c1-3-4-8-16-13-10-11(2)9-12-6-5-7-15-14(12)13/h5-7,9-10H,3-4,8H2,1-2H3. The van der Waals surface area contributed by atoms with Crippen LogP contribution in [-0.4, -0.2) is 10.7 Å². The zero-order valence-corrected chi connectivity index (χ0v) is 10.7. The fourth-order valence-corrected chi connectivity index (χ4v) is 2.97. The van der Waals surface area contributed by atoms with Gasteiger partial charge in [0.05, 0.1) is 5.52 Å². The summed E-state index contributed by atoms with van der Waals surface area (Å²) in [7, 11) is 0. The predicted molar refractivity (Wildman–Crippen MR) is 72.1 cm³/mol. The summed E-state index contributed by atoms with van der Waals surface area (Å²) in [6.07, 6.45) is 4.40. The normalized spacial score (nSPS) is 10.9. The van der Waals surface area contributed by atoms with Crippen LogP contribution < -0.4 is 0 Å². The van der Waals surface area contributed by atoms with E-state index in [-0.39, 0.29) is 0 Å². The molecular formula is C14H17NS. The molecule has 1 aromatic heterocycles. The Balaban J connectivity index is 2.34. The highest BCUT2D eigenvalue weighted by Gasteiger charge is 2.03. The van der Waals surface area contributed by atoms with Crippen LogP contribution in [0.3, 0.4) is 0 Å². The summed E-state index contributed by atoms with van der Waals surface area (Å²) in [6.45, 7) is 4.38. The molecule has 0 bridgehead atoms. The molecule has 0 saturated carbocycles. The second kappa shape index (κ2) is 5.35. The number of hydrogen-bond acceptors (Lipinski definition) is 2. The van der Waals surface area contributed by atoms with Crippen LogP contribution in [0.25, 0.3) is 10.9 Å². The first-order valence-corrected chi connectivity index (χ1v) is 6.78. The Labute approximate surface area is 101 Å². The van der Waals surface area contributed by atoms with Crippen molar-refractivity contribution >= 4 is 22.7 Å². The third kappa shape index (κ3) is 2.56. The average molecular weight is 231 g/mol. The van der Waals surface area contributed by atoms with Gasteiger partial charge in [-0.1, -0.05) is 19.4 Å². The summed E-state index contributed by atoms with van der Waals surface area (Å²) in [5.41, 5.74) is 2.47. The molecule has 0 radical (unpaired) electrons. The molecule has 0 saturated heterocycles. The summed E-state index contributed by atoms with van der Waals surface area (Å²) in [6, 6.07) is 8.59. The Kier molecular flexibility index (Phi) is 3.83. The number of nitrogens with zero attached hydrogens (tertiary/aromatic N) is 1. The van der Waals surface area contributed by atoms with E-state index in [1.165, 1.54) is 34.4 Å². The summed E-state index contributed by atoms with van der Waals surface area (Å²) in [4.78, 5) is 5.80. The quantitative estimate of drug-likeness (QED) is 0.570. The van der Waals surface area contributed by atoms with Crippen molar-refractivity contribution < 1.29 is 0 Å². The minimum absolute atomic E-state index is 1.15. The van der Waals surface area contributed by atoms with Crippen molar-refractivity contribution in [1.29, 1.82) is 0 Å². The number of hydrogen-bond donors (Lipinski definition) is 0. The van der Waals surface area contributed by atoms with E-state index in [4.69, 9.17) is 0 Å². The zero-order chi connectivity index (χ0) is 11.4. The van der Waals surface area contributed by atoms with Crippen LogP contribution in [0.15, 0.2) is 35.4 Å². The third-order valence-corrected chi connectivity index (χ3v) is 3.68. The third-order valence-electron chi connectivity index (χ3n) is 2.57. The van der Waals surface area contributed by atoms with Crippen LogP contribution in [0.2, 0.25) is 0 Å². The first-order chi connectivity index (χ1) is 7.81. The van der Waals surface area contributed by atoms with Crippen LogP contribution in [0.5, 0.6) is 0 Å². The van der Waals surface area contributed by atoms with Crippen molar-refractivity contribution in [1.82, 2.24) is 4.98 Å². The van der Waals surface area contributed by atoms with Crippen LogP contribution in [-0.2, 0) is 0 Å². The van der Waals surface area contributed by atoms with E-state index in [1.807, 2.05) is 24.0 Å². The number of rotatable bonds is 4. The number of aryl methyl sites for hydroxylation is 1. The summed E-state index contributed by atoms with van der Waals surface area (Å²) in [5.74, 6) is 1.19. The first-order valence-electron chi connectivity index (χ1n) is 5.79. The van der Waals surface area contributed by atoms with Crippen molar-refractivity contribution in [2.45, 2.75) is 31.6 Å². The van der Waals surface area contributed by atoms with Crippen molar-refractivity contribution in [3.05, 3.63) is 36.0 Å². The smallest absolute Gasteiger partial charge is 0.0837 e. The number of thioether (sulfide) groups is 1. The lowest BCUT2D eigenvalue weighted by Gasteiger charge is -2.06. The minimum Gasteiger partial charge on any atom is -0.255 e. The average Bonchev–Trinajstić information content (AvgIpc) is 2.29. The van der Waals surface area contributed by atoms with Gasteiger partial charge in [0.15, 0.2) is 0 Å². The molecule has 84 valence electrons. The largest absolute Gasteiger partial charge is 0.255 e. The number of fused-ring (bicyclic) bond motifs is 1. The first kappa shape index (κ1) is 11.5. The van der Waals surface area contributed by atoms with Gasteiger partial charge in [-0.15, -0.1) is 11.8 Å². The van der Waals surface area contributed by atoms with Gasteiger partial charge >= 0.3 is 0 Å². The lowest BCUT2D eigenvalue weighted by molar-refractivity contribution is 0.896. The molecule has 1 aromatic carbocycles. The predicted octanol–water partition coefficient (Wildman–Crippen LogP) is 4.44. The van der Waals surface area contributed by atoms with Gasteiger partial charge in [0.2, 0.25) is 0 Å². The summed E-state index contributed by atoms with van der Waals surface area (Å²) in [5, 5.41) is 1.25. The molecule has 0 aliphatic carbocycles. The van der Waals surface area contributed by atoms with Crippen molar-refractivity contribution in [2.24, 2.45) is 0 Å². The summed E-state index contributed by atoms with van der Waals surface area (Å²) < 4.78 is 0.